The first-order valence-electron chi connectivity index (χ1n) is 7.82. The number of hydrogen-bond acceptors (Lipinski definition) is 2. The van der Waals surface area contributed by atoms with Crippen LogP contribution in [0.2, 0.25) is 0 Å². The topological polar surface area (TPSA) is 15.3 Å². The van der Waals surface area contributed by atoms with Gasteiger partial charge in [0.05, 0.1) is 0 Å². The van der Waals surface area contributed by atoms with E-state index in [1.54, 1.807) is 0 Å². The molecule has 1 heterocycles. The van der Waals surface area contributed by atoms with Crippen LogP contribution >= 0.6 is 0 Å². The summed E-state index contributed by atoms with van der Waals surface area (Å²) >= 11 is 0. The average Bonchev–Trinajstić information content (AvgIpc) is 2.86. The lowest BCUT2D eigenvalue weighted by molar-refractivity contribution is 0.264. The van der Waals surface area contributed by atoms with Crippen LogP contribution < -0.4 is 5.32 Å². The van der Waals surface area contributed by atoms with Crippen molar-refractivity contribution in [2.75, 3.05) is 26.7 Å². The molecule has 3 heteroatoms. The molecule has 20 heavy (non-hydrogen) atoms. The predicted octanol–water partition coefficient (Wildman–Crippen LogP) is 2.81. The van der Waals surface area contributed by atoms with E-state index in [0.29, 0.717) is 19.0 Å². The van der Waals surface area contributed by atoms with Crippen molar-refractivity contribution in [3.63, 3.8) is 0 Å². The summed E-state index contributed by atoms with van der Waals surface area (Å²) in [6, 6.07) is 9.34. The number of hydrogen-bond donors (Lipinski definition) is 1. The highest BCUT2D eigenvalue weighted by Crippen LogP contribution is 2.14. The number of rotatable bonds is 7. The van der Waals surface area contributed by atoms with Crippen LogP contribution in [-0.4, -0.2) is 43.8 Å². The molecule has 0 bridgehead atoms. The monoisotopic (exact) mass is 278 g/mol. The Morgan fingerprint density at radius 3 is 2.55 bits per heavy atom. The Hall–Kier alpha value is -0.930. The molecule has 0 amide bonds. The first-order valence-corrected chi connectivity index (χ1v) is 7.82. The van der Waals surface area contributed by atoms with Gasteiger partial charge in [-0.1, -0.05) is 37.6 Å². The fourth-order valence-electron chi connectivity index (χ4n) is 2.94. The second-order valence-corrected chi connectivity index (χ2v) is 5.90. The summed E-state index contributed by atoms with van der Waals surface area (Å²) in [4.78, 5) is 2.23. The van der Waals surface area contributed by atoms with Gasteiger partial charge >= 0.3 is 0 Å². The summed E-state index contributed by atoms with van der Waals surface area (Å²) < 4.78 is 13.2. The van der Waals surface area contributed by atoms with Crippen molar-refractivity contribution in [1.82, 2.24) is 10.2 Å². The number of aryl methyl sites for hydroxylation is 1. The maximum absolute atomic E-state index is 13.2. The van der Waals surface area contributed by atoms with Crippen LogP contribution in [0.3, 0.4) is 0 Å². The van der Waals surface area contributed by atoms with Crippen LogP contribution in [-0.2, 0) is 12.8 Å². The molecule has 1 aliphatic rings. The quantitative estimate of drug-likeness (QED) is 0.825. The molecule has 1 saturated heterocycles. The number of halogens is 1. The first kappa shape index (κ1) is 15.5. The highest BCUT2D eigenvalue weighted by atomic mass is 19.1. The molecule has 0 saturated carbocycles. The minimum atomic E-state index is -0.624. The van der Waals surface area contributed by atoms with Crippen LogP contribution in [0.1, 0.15) is 30.9 Å². The lowest BCUT2D eigenvalue weighted by atomic mass is 10.0. The minimum Gasteiger partial charge on any atom is -0.315 e. The molecule has 112 valence electrons. The van der Waals surface area contributed by atoms with E-state index in [1.807, 2.05) is 7.05 Å². The van der Waals surface area contributed by atoms with Gasteiger partial charge in [-0.05, 0) is 37.4 Å². The number of alkyl halides is 1. The summed E-state index contributed by atoms with van der Waals surface area (Å²) in [5.74, 6) is 0. The van der Waals surface area contributed by atoms with Crippen LogP contribution in [0.5, 0.6) is 0 Å². The number of nitrogens with one attached hydrogen (secondary N) is 1. The number of benzene rings is 1. The van der Waals surface area contributed by atoms with Gasteiger partial charge in [-0.15, -0.1) is 0 Å². The van der Waals surface area contributed by atoms with Gasteiger partial charge < -0.3 is 5.32 Å². The third-order valence-electron chi connectivity index (χ3n) is 4.15. The molecule has 2 unspecified atom stereocenters. The summed E-state index contributed by atoms with van der Waals surface area (Å²) in [5.41, 5.74) is 2.78. The largest absolute Gasteiger partial charge is 0.315 e. The van der Waals surface area contributed by atoms with E-state index < -0.39 is 6.17 Å². The third kappa shape index (κ3) is 4.57. The van der Waals surface area contributed by atoms with Gasteiger partial charge in [0, 0.05) is 25.7 Å². The summed E-state index contributed by atoms with van der Waals surface area (Å²) in [6.45, 7) is 4.65. The summed E-state index contributed by atoms with van der Waals surface area (Å²) in [7, 11) is 2.00. The fourth-order valence-corrected chi connectivity index (χ4v) is 2.94. The number of likely N-dealkylation sites (tertiary alicyclic amines) is 1. The third-order valence-corrected chi connectivity index (χ3v) is 4.15. The molecular formula is C17H27FN2. The van der Waals surface area contributed by atoms with Gasteiger partial charge in [0.1, 0.15) is 6.17 Å². The molecule has 0 radical (unpaired) electrons. The second-order valence-electron chi connectivity index (χ2n) is 5.90. The molecule has 0 aliphatic carbocycles. The lowest BCUT2D eigenvalue weighted by Crippen LogP contribution is -2.40. The average molecular weight is 278 g/mol. The molecule has 1 fully saturated rings. The van der Waals surface area contributed by atoms with Gasteiger partial charge in [-0.25, -0.2) is 4.39 Å². The molecule has 2 atom stereocenters. The SMILES string of the molecule is CCCc1ccc(CC(CN2CCC(F)C2)NC)cc1. The summed E-state index contributed by atoms with van der Waals surface area (Å²) in [5, 5.41) is 3.37. The lowest BCUT2D eigenvalue weighted by Gasteiger charge is -2.23. The molecule has 2 nitrogen and oxygen atoms in total. The van der Waals surface area contributed by atoms with E-state index in [0.717, 1.165) is 25.9 Å². The molecule has 1 N–H and O–H groups in total. The van der Waals surface area contributed by atoms with E-state index in [9.17, 15) is 4.39 Å². The minimum absolute atomic E-state index is 0.400. The van der Waals surface area contributed by atoms with Crippen LogP contribution in [0.25, 0.3) is 0 Å². The van der Waals surface area contributed by atoms with Crippen LogP contribution in [0, 0.1) is 0 Å². The zero-order valence-corrected chi connectivity index (χ0v) is 12.7. The standard InChI is InChI=1S/C17H27FN2/c1-3-4-14-5-7-15(8-6-14)11-17(19-2)13-20-10-9-16(18)12-20/h5-8,16-17,19H,3-4,9-13H2,1-2H3. The van der Waals surface area contributed by atoms with Crippen molar-refractivity contribution >= 4 is 0 Å². The molecule has 1 aliphatic heterocycles. The van der Waals surface area contributed by atoms with Crippen molar-refractivity contribution in [3.8, 4) is 0 Å². The van der Waals surface area contributed by atoms with Crippen LogP contribution in [0.4, 0.5) is 4.39 Å². The van der Waals surface area contributed by atoms with Gasteiger partial charge in [-0.3, -0.25) is 4.90 Å². The van der Waals surface area contributed by atoms with Crippen molar-refractivity contribution < 1.29 is 4.39 Å². The van der Waals surface area contributed by atoms with E-state index in [2.05, 4.69) is 41.4 Å². The van der Waals surface area contributed by atoms with Gasteiger partial charge in [0.2, 0.25) is 0 Å². The Kier molecular flexibility index (Phi) is 5.99. The Labute approximate surface area is 122 Å². The number of nitrogens with zero attached hydrogens (tertiary/aromatic N) is 1. The molecule has 2 rings (SSSR count). The van der Waals surface area contributed by atoms with E-state index in [1.165, 1.54) is 17.5 Å². The van der Waals surface area contributed by atoms with Crippen LogP contribution in [0.15, 0.2) is 24.3 Å². The Morgan fingerprint density at radius 1 is 1.30 bits per heavy atom. The highest BCUT2D eigenvalue weighted by molar-refractivity contribution is 5.23. The molecule has 0 spiro atoms. The Morgan fingerprint density at radius 2 is 2.00 bits per heavy atom. The predicted molar refractivity (Wildman–Crippen MR) is 82.9 cm³/mol. The number of likely N-dealkylation sites (N-methyl/N-ethyl adjacent to an activating group) is 1. The normalized spacial score (nSPS) is 21.2. The van der Waals surface area contributed by atoms with Gasteiger partial charge in [0.25, 0.3) is 0 Å². The van der Waals surface area contributed by atoms with E-state index in [4.69, 9.17) is 0 Å². The zero-order chi connectivity index (χ0) is 14.4. The Balaban J connectivity index is 1.85. The maximum Gasteiger partial charge on any atom is 0.114 e. The van der Waals surface area contributed by atoms with E-state index in [-0.39, 0.29) is 0 Å². The zero-order valence-electron chi connectivity index (χ0n) is 12.7. The van der Waals surface area contributed by atoms with E-state index >= 15 is 0 Å². The van der Waals surface area contributed by atoms with Gasteiger partial charge in [0.15, 0.2) is 0 Å². The van der Waals surface area contributed by atoms with Crippen molar-refractivity contribution in [2.24, 2.45) is 0 Å². The molecule has 1 aromatic rings. The smallest absolute Gasteiger partial charge is 0.114 e. The molecular weight excluding hydrogens is 251 g/mol. The second kappa shape index (κ2) is 7.75. The van der Waals surface area contributed by atoms with Gasteiger partial charge in [-0.2, -0.15) is 0 Å². The Bertz CT molecular complexity index is 390. The first-order chi connectivity index (χ1) is 9.71. The molecule has 0 aromatic heterocycles. The maximum atomic E-state index is 13.2. The van der Waals surface area contributed by atoms with Crippen molar-refractivity contribution in [2.45, 2.75) is 44.8 Å². The summed E-state index contributed by atoms with van der Waals surface area (Å²) in [6.07, 6.45) is 3.43. The van der Waals surface area contributed by atoms with Crippen molar-refractivity contribution in [3.05, 3.63) is 35.4 Å². The van der Waals surface area contributed by atoms with Crippen molar-refractivity contribution in [1.29, 1.82) is 0 Å². The fraction of sp³-hybridized carbons (Fsp3) is 0.647. The highest BCUT2D eigenvalue weighted by Gasteiger charge is 2.23. The molecule has 1 aromatic carbocycles.